The number of nitrogens with zero attached hydrogens (tertiary/aromatic N) is 1. The molecule has 4 atom stereocenters. The average Bonchev–Trinajstić information content (AvgIpc) is 2.74. The number of rotatable bonds is 6. The second-order valence-electron chi connectivity index (χ2n) is 7.83. The molecule has 0 bridgehead atoms. The van der Waals surface area contributed by atoms with Crippen LogP contribution < -0.4 is 9.95 Å². The number of benzene rings is 2. The summed E-state index contributed by atoms with van der Waals surface area (Å²) >= 11 is 6.28. The first-order valence-corrected chi connectivity index (χ1v) is 12.7. The van der Waals surface area contributed by atoms with Gasteiger partial charge < -0.3 is 14.4 Å². The smallest absolute Gasteiger partial charge is 0.507 e. The third-order valence-electron chi connectivity index (χ3n) is 5.66. The largest absolute Gasteiger partial charge is 0.747 e. The summed E-state index contributed by atoms with van der Waals surface area (Å²) in [5.41, 5.74) is -0.0759. The van der Waals surface area contributed by atoms with Crippen molar-refractivity contribution in [2.75, 3.05) is 20.1 Å². The van der Waals surface area contributed by atoms with Crippen molar-refractivity contribution >= 4 is 39.1 Å². The molecule has 2 aromatic carbocycles. The highest BCUT2D eigenvalue weighted by molar-refractivity contribution is 7.32. The van der Waals surface area contributed by atoms with Crippen LogP contribution in [0.3, 0.4) is 0 Å². The summed E-state index contributed by atoms with van der Waals surface area (Å²) in [6.07, 6.45) is -0.462. The molecule has 2 heterocycles. The van der Waals surface area contributed by atoms with Crippen LogP contribution in [0.15, 0.2) is 45.6 Å². The lowest BCUT2D eigenvalue weighted by atomic mass is 9.85. The van der Waals surface area contributed by atoms with Gasteiger partial charge in [-0.25, -0.2) is 4.52 Å². The van der Waals surface area contributed by atoms with Gasteiger partial charge in [-0.15, -0.1) is 14.3 Å². The Kier molecular flexibility index (Phi) is 7.31. The third kappa shape index (κ3) is 4.99. The van der Waals surface area contributed by atoms with Crippen molar-refractivity contribution in [1.82, 2.24) is 4.90 Å². The monoisotopic (exact) mass is 527 g/mol. The second kappa shape index (κ2) is 10.1. The van der Waals surface area contributed by atoms with E-state index in [1.807, 2.05) is 11.9 Å². The number of aromatic hydroxyl groups is 1. The Morgan fingerprint density at radius 2 is 1.91 bits per heavy atom. The summed E-state index contributed by atoms with van der Waals surface area (Å²) in [5, 5.41) is 10.7. The van der Waals surface area contributed by atoms with E-state index in [1.54, 1.807) is 24.3 Å². The first-order valence-electron chi connectivity index (χ1n) is 10.1. The van der Waals surface area contributed by atoms with E-state index in [0.29, 0.717) is 23.6 Å². The van der Waals surface area contributed by atoms with Gasteiger partial charge in [-0.2, -0.15) is 0 Å². The number of piperidine rings is 1. The molecule has 1 aliphatic rings. The Morgan fingerprint density at radius 1 is 1.18 bits per heavy atom. The molecule has 2 unspecified atom stereocenters. The van der Waals surface area contributed by atoms with E-state index >= 15 is 0 Å². The maximum absolute atomic E-state index is 13.0. The SMILES string of the molecule is CN1CC[C@H](c2c(O[P+](=O)O)cc(O)c3c(=O)cc(-c4ccccc4Cl)oc23)[C@H](O[P+](=O)O)C1. The second-order valence-corrected chi connectivity index (χ2v) is 9.59. The maximum Gasteiger partial charge on any atom is 0.747 e. The van der Waals surface area contributed by atoms with Crippen LogP contribution in [-0.2, 0) is 13.7 Å². The maximum atomic E-state index is 13.0. The standard InChI is InChI=1S/C21H18ClNO9P2/c1-23-7-6-12(18(10-23)32-34(28)29)19-17(31-33(26)27)9-15(25)20-14(24)8-16(30-21(19)20)11-4-2-3-5-13(11)22/h2-5,8-9,12,18H,6-7,10H2,1H3,(H-2,24,25,26,27,28,29)/p+2/t12-,18+/m0/s1. The number of phenols is 1. The van der Waals surface area contributed by atoms with Crippen molar-refractivity contribution < 1.29 is 37.5 Å². The fourth-order valence-electron chi connectivity index (χ4n) is 4.24. The summed E-state index contributed by atoms with van der Waals surface area (Å²) in [6.45, 7) is 0.808. The van der Waals surface area contributed by atoms with Gasteiger partial charge in [-0.1, -0.05) is 23.7 Å². The van der Waals surface area contributed by atoms with Crippen molar-refractivity contribution in [3.05, 3.63) is 57.2 Å². The Bertz CT molecular complexity index is 1350. The number of likely N-dealkylation sites (tertiary alicyclic amines) is 1. The first kappa shape index (κ1) is 24.7. The van der Waals surface area contributed by atoms with Crippen molar-refractivity contribution in [2.24, 2.45) is 0 Å². The fourth-order valence-corrected chi connectivity index (χ4v) is 5.23. The van der Waals surface area contributed by atoms with Crippen LogP contribution in [0.2, 0.25) is 5.02 Å². The predicted octanol–water partition coefficient (Wildman–Crippen LogP) is 4.30. The lowest BCUT2D eigenvalue weighted by Gasteiger charge is -2.33. The Hall–Kier alpha value is -2.42. The zero-order valence-electron chi connectivity index (χ0n) is 17.8. The van der Waals surface area contributed by atoms with Gasteiger partial charge in [0.15, 0.2) is 5.43 Å². The summed E-state index contributed by atoms with van der Waals surface area (Å²) in [7, 11) is -4.31. The van der Waals surface area contributed by atoms with Crippen LogP contribution in [0.25, 0.3) is 22.3 Å². The Morgan fingerprint density at radius 3 is 2.59 bits per heavy atom. The van der Waals surface area contributed by atoms with Crippen LogP contribution >= 0.6 is 28.1 Å². The van der Waals surface area contributed by atoms with E-state index in [-0.39, 0.29) is 34.6 Å². The quantitative estimate of drug-likeness (QED) is 0.396. The zero-order chi connectivity index (χ0) is 24.6. The summed E-state index contributed by atoms with van der Waals surface area (Å²) in [5.74, 6) is -1.28. The first-order chi connectivity index (χ1) is 16.2. The van der Waals surface area contributed by atoms with Crippen molar-refractivity contribution in [1.29, 1.82) is 0 Å². The molecule has 1 aliphatic heterocycles. The molecule has 0 saturated carbocycles. The van der Waals surface area contributed by atoms with E-state index in [1.165, 1.54) is 6.07 Å². The number of phenolic OH excluding ortho intramolecular Hbond substituents is 1. The average molecular weight is 528 g/mol. The van der Waals surface area contributed by atoms with Crippen molar-refractivity contribution in [3.8, 4) is 22.8 Å². The van der Waals surface area contributed by atoms with E-state index in [2.05, 4.69) is 0 Å². The summed E-state index contributed by atoms with van der Waals surface area (Å²) in [4.78, 5) is 33.8. The molecule has 178 valence electrons. The molecule has 1 saturated heterocycles. The fraction of sp³-hybridized carbons (Fsp3) is 0.286. The van der Waals surface area contributed by atoms with Crippen LogP contribution in [0.1, 0.15) is 17.9 Å². The minimum atomic E-state index is -3.15. The molecule has 3 N–H and O–H groups in total. The summed E-state index contributed by atoms with van der Waals surface area (Å²) in [6, 6.07) is 8.93. The van der Waals surface area contributed by atoms with Crippen molar-refractivity contribution in [2.45, 2.75) is 18.4 Å². The van der Waals surface area contributed by atoms with E-state index in [4.69, 9.17) is 25.1 Å². The lowest BCUT2D eigenvalue weighted by Crippen LogP contribution is -2.41. The molecule has 0 radical (unpaired) electrons. The summed E-state index contributed by atoms with van der Waals surface area (Å²) < 4.78 is 39.5. The number of fused-ring (bicyclic) bond motifs is 1. The Labute approximate surface area is 200 Å². The van der Waals surface area contributed by atoms with Gasteiger partial charge in [0, 0.05) is 44.9 Å². The highest BCUT2D eigenvalue weighted by atomic mass is 35.5. The molecule has 0 spiro atoms. The van der Waals surface area contributed by atoms with Gasteiger partial charge in [0.05, 0.1) is 5.02 Å². The number of halogens is 1. The molecule has 4 rings (SSSR count). The van der Waals surface area contributed by atoms with Gasteiger partial charge in [-0.3, -0.25) is 4.79 Å². The molecule has 3 aromatic rings. The van der Waals surface area contributed by atoms with Crippen LogP contribution in [-0.4, -0.2) is 46.0 Å². The Balaban J connectivity index is 2.03. The van der Waals surface area contributed by atoms with Gasteiger partial charge >= 0.3 is 16.5 Å². The van der Waals surface area contributed by atoms with E-state index in [0.717, 1.165) is 6.07 Å². The van der Waals surface area contributed by atoms with Gasteiger partial charge in [0.25, 0.3) is 0 Å². The zero-order valence-corrected chi connectivity index (χ0v) is 20.3. The van der Waals surface area contributed by atoms with Gasteiger partial charge in [0.2, 0.25) is 5.75 Å². The van der Waals surface area contributed by atoms with E-state index < -0.39 is 39.7 Å². The normalized spacial score (nSPS) is 19.8. The van der Waals surface area contributed by atoms with Crippen LogP contribution in [0.5, 0.6) is 11.5 Å². The minimum absolute atomic E-state index is 0.0920. The highest BCUT2D eigenvalue weighted by Crippen LogP contribution is 2.46. The minimum Gasteiger partial charge on any atom is -0.507 e. The molecule has 10 nitrogen and oxygen atoms in total. The predicted molar refractivity (Wildman–Crippen MR) is 125 cm³/mol. The van der Waals surface area contributed by atoms with Gasteiger partial charge in [0.1, 0.15) is 28.6 Å². The molecule has 0 aliphatic carbocycles. The molecule has 13 heteroatoms. The number of hydrogen-bond donors (Lipinski definition) is 3. The highest BCUT2D eigenvalue weighted by Gasteiger charge is 2.41. The number of hydrogen-bond acceptors (Lipinski definition) is 8. The van der Waals surface area contributed by atoms with Crippen LogP contribution in [0.4, 0.5) is 0 Å². The molecule has 34 heavy (non-hydrogen) atoms. The van der Waals surface area contributed by atoms with Crippen molar-refractivity contribution in [3.63, 3.8) is 0 Å². The topological polar surface area (TPSA) is 147 Å². The third-order valence-corrected chi connectivity index (χ3v) is 6.79. The number of likely N-dealkylation sites (N-methyl/N-ethyl adjacent to an activating group) is 1. The molecule has 1 aromatic heterocycles. The molecule has 1 fully saturated rings. The van der Waals surface area contributed by atoms with Crippen LogP contribution in [0, 0.1) is 0 Å². The molecule has 0 amide bonds. The molecular formula is C21H20ClNO9P2+2. The van der Waals surface area contributed by atoms with Gasteiger partial charge in [-0.05, 0) is 32.1 Å². The molecular weight excluding hydrogens is 508 g/mol. The lowest BCUT2D eigenvalue weighted by molar-refractivity contribution is 0.0793. The van der Waals surface area contributed by atoms with E-state index in [9.17, 15) is 28.8 Å².